The topological polar surface area (TPSA) is 9.23 Å². The first-order valence-electron chi connectivity index (χ1n) is 11.6. The maximum atomic E-state index is 6.08. The monoisotopic (exact) mass is 428 g/mol. The van der Waals surface area contributed by atoms with Crippen molar-refractivity contribution in [3.05, 3.63) is 91.0 Å². The molecular formula is C29H33OP. The molecule has 1 fully saturated rings. The first-order chi connectivity index (χ1) is 15.4. The van der Waals surface area contributed by atoms with E-state index < -0.39 is 7.26 Å². The summed E-state index contributed by atoms with van der Waals surface area (Å²) in [6, 6.07) is 33.1. The van der Waals surface area contributed by atoms with Gasteiger partial charge >= 0.3 is 188 Å². The molecule has 1 aliphatic rings. The fourth-order valence-electron chi connectivity index (χ4n) is 4.93. The zero-order chi connectivity index (χ0) is 21.2. The van der Waals surface area contributed by atoms with E-state index in [1.807, 2.05) is 0 Å². The molecule has 1 aliphatic carbocycles. The number of hydrogen-bond donors (Lipinski definition) is 0. The summed E-state index contributed by atoms with van der Waals surface area (Å²) in [4.78, 5) is 0. The molecule has 0 aliphatic heterocycles. The van der Waals surface area contributed by atoms with Gasteiger partial charge in [0, 0.05) is 0 Å². The van der Waals surface area contributed by atoms with Gasteiger partial charge in [-0.1, -0.05) is 0 Å². The molecule has 2 heteroatoms. The molecule has 31 heavy (non-hydrogen) atoms. The molecule has 0 saturated heterocycles. The van der Waals surface area contributed by atoms with E-state index in [2.05, 4.69) is 103 Å². The van der Waals surface area contributed by atoms with Crippen molar-refractivity contribution in [1.82, 2.24) is 0 Å². The average molecular weight is 429 g/mol. The second kappa shape index (κ2) is 11.3. The number of hydrogen-bond acceptors (Lipinski definition) is 1. The Hall–Kier alpha value is -2.39. The Labute approximate surface area is 188 Å². The van der Waals surface area contributed by atoms with Crippen molar-refractivity contribution in [3.8, 4) is 11.8 Å². The quantitative estimate of drug-likeness (QED) is 0.268. The van der Waals surface area contributed by atoms with Gasteiger partial charge in [0.05, 0.1) is 0 Å². The first kappa shape index (κ1) is 21.8. The third kappa shape index (κ3) is 5.46. The van der Waals surface area contributed by atoms with Crippen LogP contribution in [0.3, 0.4) is 0 Å². The summed E-state index contributed by atoms with van der Waals surface area (Å²) in [5.74, 6) is 7.44. The second-order valence-electron chi connectivity index (χ2n) is 8.51. The molecule has 0 heterocycles. The molecular weight excluding hydrogens is 395 g/mol. The minimum absolute atomic E-state index is 0.537. The Kier molecular flexibility index (Phi) is 7.95. The van der Waals surface area contributed by atoms with Gasteiger partial charge in [-0.3, -0.25) is 0 Å². The molecule has 160 valence electrons. The van der Waals surface area contributed by atoms with Crippen LogP contribution >= 0.6 is 7.26 Å². The summed E-state index contributed by atoms with van der Waals surface area (Å²) in [7, 11) is -2.19. The first-order valence-corrected chi connectivity index (χ1v) is 13.8. The summed E-state index contributed by atoms with van der Waals surface area (Å²) < 4.78 is 6.08. The van der Waals surface area contributed by atoms with Crippen LogP contribution in [0.25, 0.3) is 0 Å². The maximum absolute atomic E-state index is 6.08. The van der Waals surface area contributed by atoms with Gasteiger partial charge in [-0.15, -0.1) is 0 Å². The number of rotatable bonds is 8. The van der Waals surface area contributed by atoms with Crippen LogP contribution in [-0.4, -0.2) is 19.4 Å². The van der Waals surface area contributed by atoms with Gasteiger partial charge < -0.3 is 0 Å². The van der Waals surface area contributed by atoms with E-state index >= 15 is 0 Å². The molecule has 0 spiro atoms. The van der Waals surface area contributed by atoms with E-state index in [0.717, 1.165) is 25.1 Å². The molecule has 0 atom stereocenters. The summed E-state index contributed by atoms with van der Waals surface area (Å²) in [6.07, 6.45) is 7.53. The summed E-state index contributed by atoms with van der Waals surface area (Å²) in [6.45, 7) is 1.26. The van der Waals surface area contributed by atoms with Crippen molar-refractivity contribution in [1.29, 1.82) is 0 Å². The van der Waals surface area contributed by atoms with Gasteiger partial charge in [0.15, 0.2) is 0 Å². The molecule has 0 bridgehead atoms. The van der Waals surface area contributed by atoms with Crippen LogP contribution in [0.2, 0.25) is 0 Å². The zero-order valence-corrected chi connectivity index (χ0v) is 19.3. The van der Waals surface area contributed by atoms with Crippen molar-refractivity contribution >= 4 is 23.2 Å². The Morgan fingerprint density at radius 3 is 1.65 bits per heavy atom. The molecule has 4 rings (SSSR count). The predicted molar refractivity (Wildman–Crippen MR) is 137 cm³/mol. The van der Waals surface area contributed by atoms with Crippen LogP contribution in [0.5, 0.6) is 0 Å². The van der Waals surface area contributed by atoms with E-state index in [1.54, 1.807) is 0 Å². The summed E-state index contributed by atoms with van der Waals surface area (Å²) in [5, 5.41) is 4.30. The fraction of sp³-hybridized carbons (Fsp3) is 0.310. The van der Waals surface area contributed by atoms with Crippen LogP contribution in [0.15, 0.2) is 91.0 Å². The molecule has 1 nitrogen and oxygen atoms in total. The van der Waals surface area contributed by atoms with Crippen molar-refractivity contribution in [2.75, 3.05) is 19.4 Å². The molecule has 3 aromatic carbocycles. The minimum atomic E-state index is -2.19. The Morgan fingerprint density at radius 1 is 0.677 bits per heavy atom. The van der Waals surface area contributed by atoms with Crippen LogP contribution < -0.4 is 15.9 Å². The molecule has 0 amide bonds. The normalized spacial score (nSPS) is 14.7. The third-order valence-electron chi connectivity index (χ3n) is 6.59. The van der Waals surface area contributed by atoms with Gasteiger partial charge in [-0.2, -0.15) is 0 Å². The molecule has 0 radical (unpaired) electrons. The van der Waals surface area contributed by atoms with E-state index in [9.17, 15) is 0 Å². The SMILES string of the molecule is C(#CCC1CCCC1)COCC[PH](c1ccccc1)(c1ccccc1)c1ccccc1. The fourth-order valence-corrected chi connectivity index (χ4v) is 9.53. The molecule has 1 saturated carbocycles. The summed E-state index contributed by atoms with van der Waals surface area (Å²) in [5.41, 5.74) is 0. The van der Waals surface area contributed by atoms with Crippen LogP contribution in [0, 0.1) is 17.8 Å². The Morgan fingerprint density at radius 2 is 1.16 bits per heavy atom. The van der Waals surface area contributed by atoms with Gasteiger partial charge in [-0.05, 0) is 0 Å². The molecule has 0 N–H and O–H groups in total. The van der Waals surface area contributed by atoms with Crippen molar-refractivity contribution < 1.29 is 4.74 Å². The van der Waals surface area contributed by atoms with Gasteiger partial charge in [-0.25, -0.2) is 0 Å². The molecule has 0 aromatic heterocycles. The average Bonchev–Trinajstić information content (AvgIpc) is 3.36. The number of ether oxygens (including phenoxy) is 1. The van der Waals surface area contributed by atoms with E-state index in [4.69, 9.17) is 4.74 Å². The molecule has 0 unspecified atom stereocenters. The Balaban J connectivity index is 1.53. The van der Waals surface area contributed by atoms with Crippen LogP contribution in [0.4, 0.5) is 0 Å². The van der Waals surface area contributed by atoms with Crippen molar-refractivity contribution in [2.24, 2.45) is 5.92 Å². The standard InChI is InChI=1S/C29H33OP/c1-4-17-27(18-5-1)31(28-19-6-2-7-20-28,29-21-8-3-9-22-29)25-24-30-23-13-12-16-26-14-10-11-15-26/h1-9,17-22,26,31H,10-11,14-16,23-25H2. The Bertz CT molecular complexity index is 870. The van der Waals surface area contributed by atoms with Gasteiger partial charge in [0.1, 0.15) is 0 Å². The molecule has 3 aromatic rings. The summed E-state index contributed by atoms with van der Waals surface area (Å²) >= 11 is 0. The van der Waals surface area contributed by atoms with Crippen LogP contribution in [-0.2, 0) is 4.74 Å². The van der Waals surface area contributed by atoms with Gasteiger partial charge in [0.25, 0.3) is 0 Å². The predicted octanol–water partition coefficient (Wildman–Crippen LogP) is 5.31. The second-order valence-corrected chi connectivity index (χ2v) is 12.6. The number of benzene rings is 3. The van der Waals surface area contributed by atoms with E-state index in [-0.39, 0.29) is 0 Å². The van der Waals surface area contributed by atoms with Crippen molar-refractivity contribution in [3.63, 3.8) is 0 Å². The third-order valence-corrected chi connectivity index (χ3v) is 11.5. The van der Waals surface area contributed by atoms with Crippen molar-refractivity contribution in [2.45, 2.75) is 32.1 Å². The van der Waals surface area contributed by atoms with E-state index in [1.165, 1.54) is 41.6 Å². The van der Waals surface area contributed by atoms with Crippen LogP contribution in [0.1, 0.15) is 32.1 Å². The van der Waals surface area contributed by atoms with E-state index in [0.29, 0.717) is 6.61 Å². The zero-order valence-electron chi connectivity index (χ0n) is 18.3. The van der Waals surface area contributed by atoms with Gasteiger partial charge in [0.2, 0.25) is 0 Å².